The van der Waals surface area contributed by atoms with Crippen molar-refractivity contribution in [2.45, 2.75) is 32.1 Å². The molecule has 2 atom stereocenters. The number of carboxylic acid groups (broad SMARTS) is 1. The summed E-state index contributed by atoms with van der Waals surface area (Å²) >= 11 is 0. The van der Waals surface area contributed by atoms with Crippen LogP contribution in [0.3, 0.4) is 0 Å². The maximum atomic E-state index is 11.6. The molecule has 0 unspecified atom stereocenters. The number of carboxylic acids is 1. The Kier molecular flexibility index (Phi) is 5.19. The highest BCUT2D eigenvalue weighted by Crippen LogP contribution is 2.33. The molecule has 1 rings (SSSR count). The summed E-state index contributed by atoms with van der Waals surface area (Å²) < 4.78 is 0. The minimum atomic E-state index is -0.830. The highest BCUT2D eigenvalue weighted by molar-refractivity contribution is 5.84. The summed E-state index contributed by atoms with van der Waals surface area (Å²) in [5.41, 5.74) is 0. The summed E-state index contributed by atoms with van der Waals surface area (Å²) in [6, 6.07) is 0. The Morgan fingerprint density at radius 1 is 1.44 bits per heavy atom. The zero-order valence-electron chi connectivity index (χ0n) is 9.26. The van der Waals surface area contributed by atoms with Crippen LogP contribution in [-0.2, 0) is 9.59 Å². The van der Waals surface area contributed by atoms with E-state index in [1.54, 1.807) is 0 Å². The molecule has 1 fully saturated rings. The number of aliphatic carboxylic acids is 1. The molecule has 4 heteroatoms. The van der Waals surface area contributed by atoms with E-state index < -0.39 is 5.97 Å². The van der Waals surface area contributed by atoms with Crippen molar-refractivity contribution in [1.82, 2.24) is 0 Å². The number of aliphatic hydroxyl groups excluding tert-OH is 1. The minimum absolute atomic E-state index is 0.0104. The van der Waals surface area contributed by atoms with Crippen LogP contribution in [0, 0.1) is 11.8 Å². The second kappa shape index (κ2) is 6.43. The topological polar surface area (TPSA) is 74.6 Å². The highest BCUT2D eigenvalue weighted by Gasteiger charge is 2.34. The molecule has 0 amide bonds. The van der Waals surface area contributed by atoms with Gasteiger partial charge in [0.15, 0.2) is 0 Å². The summed E-state index contributed by atoms with van der Waals surface area (Å²) in [6.07, 6.45) is 6.20. The van der Waals surface area contributed by atoms with Gasteiger partial charge in [0.1, 0.15) is 5.78 Å². The largest absolute Gasteiger partial charge is 0.481 e. The summed E-state index contributed by atoms with van der Waals surface area (Å²) in [7, 11) is 0. The lowest BCUT2D eigenvalue weighted by molar-refractivity contribution is -0.138. The Bertz CT molecular complexity index is 283. The molecule has 1 aliphatic carbocycles. The third-order valence-corrected chi connectivity index (χ3v) is 3.03. The Morgan fingerprint density at radius 3 is 2.81 bits per heavy atom. The van der Waals surface area contributed by atoms with Gasteiger partial charge in [-0.05, 0) is 25.2 Å². The first-order valence-corrected chi connectivity index (χ1v) is 5.65. The first-order valence-electron chi connectivity index (χ1n) is 5.65. The van der Waals surface area contributed by atoms with Crippen molar-refractivity contribution in [3.63, 3.8) is 0 Å². The summed E-state index contributed by atoms with van der Waals surface area (Å²) in [5.74, 6) is -0.793. The van der Waals surface area contributed by atoms with Crippen molar-refractivity contribution < 1.29 is 19.8 Å². The summed E-state index contributed by atoms with van der Waals surface area (Å²) in [5, 5.41) is 17.3. The van der Waals surface area contributed by atoms with E-state index in [9.17, 15) is 9.59 Å². The predicted octanol–water partition coefficient (Wildman–Crippen LogP) is 1.39. The van der Waals surface area contributed by atoms with Gasteiger partial charge in [-0.25, -0.2) is 0 Å². The number of hydrogen-bond donors (Lipinski definition) is 2. The molecule has 0 bridgehead atoms. The van der Waals surface area contributed by atoms with E-state index >= 15 is 0 Å². The molecule has 16 heavy (non-hydrogen) atoms. The molecule has 4 nitrogen and oxygen atoms in total. The molecule has 0 saturated heterocycles. The van der Waals surface area contributed by atoms with Crippen LogP contribution < -0.4 is 0 Å². The van der Waals surface area contributed by atoms with Gasteiger partial charge in [0.05, 0.1) is 0 Å². The van der Waals surface area contributed by atoms with E-state index in [0.717, 1.165) is 0 Å². The second-order valence-corrected chi connectivity index (χ2v) is 4.19. The van der Waals surface area contributed by atoms with Crippen LogP contribution >= 0.6 is 0 Å². The van der Waals surface area contributed by atoms with E-state index in [1.807, 2.05) is 12.2 Å². The zero-order valence-corrected chi connectivity index (χ0v) is 9.26. The standard InChI is InChI=1S/C12H18O4/c13-7-3-1-2-4-10-9(8-12(15)16)5-6-11(10)14/h1-2,9-10,13H,3-8H2,(H,15,16)/b2-1+/t9-,10+/m1/s1. The van der Waals surface area contributed by atoms with E-state index in [0.29, 0.717) is 25.7 Å². The molecule has 90 valence electrons. The van der Waals surface area contributed by atoms with Gasteiger partial charge >= 0.3 is 5.97 Å². The van der Waals surface area contributed by atoms with Crippen molar-refractivity contribution >= 4 is 11.8 Å². The van der Waals surface area contributed by atoms with E-state index in [1.165, 1.54) is 0 Å². The lowest BCUT2D eigenvalue weighted by atomic mass is 9.89. The van der Waals surface area contributed by atoms with Gasteiger partial charge in [-0.15, -0.1) is 0 Å². The van der Waals surface area contributed by atoms with Crippen LogP contribution in [0.25, 0.3) is 0 Å². The molecule has 0 aromatic heterocycles. The van der Waals surface area contributed by atoms with Crippen molar-refractivity contribution in [1.29, 1.82) is 0 Å². The fourth-order valence-electron chi connectivity index (χ4n) is 2.20. The highest BCUT2D eigenvalue weighted by atomic mass is 16.4. The van der Waals surface area contributed by atoms with Crippen molar-refractivity contribution in [3.05, 3.63) is 12.2 Å². The van der Waals surface area contributed by atoms with Crippen LogP contribution in [0.15, 0.2) is 12.2 Å². The molecule has 0 aromatic carbocycles. The van der Waals surface area contributed by atoms with Crippen molar-refractivity contribution in [2.24, 2.45) is 11.8 Å². The van der Waals surface area contributed by atoms with Gasteiger partial charge < -0.3 is 10.2 Å². The van der Waals surface area contributed by atoms with Crippen LogP contribution in [-0.4, -0.2) is 28.6 Å². The lowest BCUT2D eigenvalue weighted by Gasteiger charge is -2.14. The molecule has 2 N–H and O–H groups in total. The number of rotatable bonds is 6. The molecule has 0 heterocycles. The Morgan fingerprint density at radius 2 is 2.19 bits per heavy atom. The molecular weight excluding hydrogens is 208 g/mol. The van der Waals surface area contributed by atoms with Gasteiger partial charge in [0.25, 0.3) is 0 Å². The van der Waals surface area contributed by atoms with Crippen molar-refractivity contribution in [3.8, 4) is 0 Å². The molecule has 1 saturated carbocycles. The Balaban J connectivity index is 2.46. The fraction of sp³-hybridized carbons (Fsp3) is 0.667. The van der Waals surface area contributed by atoms with Gasteiger partial charge in [-0.1, -0.05) is 12.2 Å². The van der Waals surface area contributed by atoms with E-state index in [2.05, 4.69) is 0 Å². The molecule has 1 aliphatic rings. The average Bonchev–Trinajstić information content (AvgIpc) is 2.55. The van der Waals surface area contributed by atoms with Crippen molar-refractivity contribution in [2.75, 3.05) is 6.61 Å². The zero-order chi connectivity index (χ0) is 12.0. The molecule has 0 aromatic rings. The number of aliphatic hydroxyl groups is 1. The maximum absolute atomic E-state index is 11.6. The van der Waals surface area contributed by atoms with Crippen LogP contribution in [0.5, 0.6) is 0 Å². The van der Waals surface area contributed by atoms with Gasteiger partial charge in [-0.3, -0.25) is 9.59 Å². The average molecular weight is 226 g/mol. The first-order chi connectivity index (χ1) is 7.65. The molecule has 0 radical (unpaired) electrons. The number of carbonyl (C=O) groups excluding carboxylic acids is 1. The van der Waals surface area contributed by atoms with Gasteiger partial charge in [-0.2, -0.15) is 0 Å². The van der Waals surface area contributed by atoms with Gasteiger partial charge in [0.2, 0.25) is 0 Å². The number of allylic oxidation sites excluding steroid dienone is 1. The monoisotopic (exact) mass is 226 g/mol. The molecule has 0 aliphatic heterocycles. The van der Waals surface area contributed by atoms with Crippen LogP contribution in [0.4, 0.5) is 0 Å². The lowest BCUT2D eigenvalue weighted by Crippen LogP contribution is -2.17. The van der Waals surface area contributed by atoms with E-state index in [4.69, 9.17) is 10.2 Å². The SMILES string of the molecule is O=C(O)C[C@H]1CCC(=O)[C@H]1C/C=C/CCO. The predicted molar refractivity (Wildman–Crippen MR) is 58.9 cm³/mol. The van der Waals surface area contributed by atoms with Crippen LogP contribution in [0.2, 0.25) is 0 Å². The Labute approximate surface area is 95.0 Å². The third kappa shape index (κ3) is 3.77. The second-order valence-electron chi connectivity index (χ2n) is 4.19. The van der Waals surface area contributed by atoms with Gasteiger partial charge in [0, 0.05) is 25.4 Å². The number of ketones is 1. The summed E-state index contributed by atoms with van der Waals surface area (Å²) in [6.45, 7) is 0.105. The smallest absolute Gasteiger partial charge is 0.303 e. The summed E-state index contributed by atoms with van der Waals surface area (Å²) in [4.78, 5) is 22.2. The molecular formula is C12H18O4. The number of hydrogen-bond acceptors (Lipinski definition) is 3. The quantitative estimate of drug-likeness (QED) is 0.671. The minimum Gasteiger partial charge on any atom is -0.481 e. The van der Waals surface area contributed by atoms with E-state index in [-0.39, 0.29) is 30.6 Å². The molecule has 0 spiro atoms. The van der Waals surface area contributed by atoms with Crippen LogP contribution in [0.1, 0.15) is 32.1 Å². The fourth-order valence-corrected chi connectivity index (χ4v) is 2.20. The first kappa shape index (κ1) is 12.9. The number of Topliss-reactive ketones (excluding diaryl/α,β-unsaturated/α-hetero) is 1. The normalized spacial score (nSPS) is 25.4. The maximum Gasteiger partial charge on any atom is 0.303 e. The third-order valence-electron chi connectivity index (χ3n) is 3.03. The Hall–Kier alpha value is -1.16. The number of carbonyl (C=O) groups is 2.